The van der Waals surface area contributed by atoms with Gasteiger partial charge >= 0.3 is 12.1 Å². The first-order valence-corrected chi connectivity index (χ1v) is 15.6. The lowest BCUT2D eigenvalue weighted by Crippen LogP contribution is -2.49. The highest BCUT2D eigenvalue weighted by Gasteiger charge is 2.42. The van der Waals surface area contributed by atoms with E-state index in [0.717, 1.165) is 62.9 Å². The fraction of sp³-hybridized carbons (Fsp3) is 0.588. The van der Waals surface area contributed by atoms with E-state index < -0.39 is 12.0 Å². The van der Waals surface area contributed by atoms with E-state index in [-0.39, 0.29) is 67.3 Å². The first-order chi connectivity index (χ1) is 20.2. The lowest BCUT2D eigenvalue weighted by Gasteiger charge is -2.39. The minimum Gasteiger partial charge on any atom is -0.480 e. The molecule has 1 amide bonds. The molecule has 2 aromatic carbocycles. The van der Waals surface area contributed by atoms with Gasteiger partial charge in [0.05, 0.1) is 0 Å². The number of ether oxygens (including phenoxy) is 1. The van der Waals surface area contributed by atoms with Gasteiger partial charge < -0.3 is 19.6 Å². The van der Waals surface area contributed by atoms with Gasteiger partial charge in [-0.05, 0) is 80.2 Å². The lowest BCUT2D eigenvalue weighted by atomic mass is 9.88. The Morgan fingerprint density at radius 3 is 2.30 bits per heavy atom. The second kappa shape index (κ2) is 17.9. The maximum Gasteiger partial charge on any atom is 0.410 e. The van der Waals surface area contributed by atoms with Crippen LogP contribution < -0.4 is 0 Å². The summed E-state index contributed by atoms with van der Waals surface area (Å²) in [7, 11) is 1.93. The summed E-state index contributed by atoms with van der Waals surface area (Å²) in [6.07, 6.45) is 4.09. The van der Waals surface area contributed by atoms with Crippen LogP contribution in [0.1, 0.15) is 69.9 Å². The number of likely N-dealkylation sites (tertiary alicyclic amines) is 1. The molecule has 0 aromatic heterocycles. The minimum absolute atomic E-state index is 0. The van der Waals surface area contributed by atoms with Crippen LogP contribution >= 0.6 is 24.8 Å². The molecule has 1 N–H and O–H groups in total. The van der Waals surface area contributed by atoms with E-state index >= 15 is 0 Å². The van der Waals surface area contributed by atoms with Gasteiger partial charge in [0.2, 0.25) is 0 Å². The maximum absolute atomic E-state index is 14.3. The molecule has 0 bridgehead atoms. The number of piperidine rings is 1. The third-order valence-corrected chi connectivity index (χ3v) is 9.24. The predicted molar refractivity (Wildman–Crippen MR) is 177 cm³/mol. The van der Waals surface area contributed by atoms with E-state index in [2.05, 4.69) is 11.8 Å². The van der Waals surface area contributed by atoms with Crippen molar-refractivity contribution in [2.45, 2.75) is 83.5 Å². The zero-order valence-corrected chi connectivity index (χ0v) is 28.1. The quantitative estimate of drug-likeness (QED) is 0.264. The third-order valence-electron chi connectivity index (χ3n) is 9.24. The Morgan fingerprint density at radius 2 is 1.70 bits per heavy atom. The highest BCUT2D eigenvalue weighted by molar-refractivity contribution is 5.85. The molecule has 0 radical (unpaired) electrons. The van der Waals surface area contributed by atoms with Crippen LogP contribution in [0.3, 0.4) is 0 Å². The average molecular weight is 655 g/mol. The monoisotopic (exact) mass is 653 g/mol. The van der Waals surface area contributed by atoms with Crippen molar-refractivity contribution in [3.63, 3.8) is 0 Å². The topological polar surface area (TPSA) is 73.3 Å². The number of hydrogen-bond donors (Lipinski definition) is 1. The molecule has 7 nitrogen and oxygen atoms in total. The number of aliphatic carboxylic acids is 1. The number of rotatable bonds is 12. The molecule has 0 spiro atoms. The van der Waals surface area contributed by atoms with Gasteiger partial charge in [-0.1, -0.05) is 63.2 Å². The van der Waals surface area contributed by atoms with E-state index in [9.17, 15) is 19.1 Å². The highest BCUT2D eigenvalue weighted by atomic mass is 35.5. The fourth-order valence-corrected chi connectivity index (χ4v) is 7.14. The van der Waals surface area contributed by atoms with Gasteiger partial charge in [-0.2, -0.15) is 0 Å². The predicted octanol–water partition coefficient (Wildman–Crippen LogP) is 7.09. The number of halogens is 3. The lowest BCUT2D eigenvalue weighted by molar-refractivity contribution is -0.145. The van der Waals surface area contributed by atoms with Crippen molar-refractivity contribution in [3.05, 3.63) is 71.5 Å². The molecule has 1 aliphatic heterocycles. The molecular weight excluding hydrogens is 604 g/mol. The van der Waals surface area contributed by atoms with Crippen LogP contribution in [-0.4, -0.2) is 83.2 Å². The number of carboxylic acids is 1. The zero-order valence-electron chi connectivity index (χ0n) is 26.4. The normalized spacial score (nSPS) is 21.4. The van der Waals surface area contributed by atoms with E-state index in [0.29, 0.717) is 12.5 Å². The van der Waals surface area contributed by atoms with Crippen LogP contribution in [0.5, 0.6) is 0 Å². The van der Waals surface area contributed by atoms with Crippen molar-refractivity contribution in [2.75, 3.05) is 33.2 Å². The number of hydrogen-bond acceptors (Lipinski definition) is 5. The molecule has 2 aromatic rings. The molecule has 1 aliphatic carbocycles. The number of benzene rings is 2. The van der Waals surface area contributed by atoms with E-state index in [1.165, 1.54) is 6.07 Å². The van der Waals surface area contributed by atoms with Gasteiger partial charge in [0.25, 0.3) is 0 Å². The molecule has 3 unspecified atom stereocenters. The molecule has 1 heterocycles. The second-order valence-corrected chi connectivity index (χ2v) is 12.5. The van der Waals surface area contributed by atoms with Crippen LogP contribution in [-0.2, 0) is 16.1 Å². The van der Waals surface area contributed by atoms with Crippen molar-refractivity contribution in [3.8, 4) is 0 Å². The van der Waals surface area contributed by atoms with Crippen LogP contribution in [0, 0.1) is 17.7 Å². The number of likely N-dealkylation sites (N-methyl/N-ethyl adjacent to an activating group) is 1. The zero-order chi connectivity index (χ0) is 30.2. The third kappa shape index (κ3) is 9.80. The maximum atomic E-state index is 14.3. The minimum atomic E-state index is -0.792. The van der Waals surface area contributed by atoms with Crippen molar-refractivity contribution in [1.82, 2.24) is 14.7 Å². The van der Waals surface area contributed by atoms with Gasteiger partial charge in [-0.15, -0.1) is 24.8 Å². The smallest absolute Gasteiger partial charge is 0.410 e. The van der Waals surface area contributed by atoms with Crippen LogP contribution in [0.2, 0.25) is 0 Å². The molecule has 2 aliphatic rings. The van der Waals surface area contributed by atoms with Crippen LogP contribution in [0.25, 0.3) is 0 Å². The summed E-state index contributed by atoms with van der Waals surface area (Å²) >= 11 is 0. The first kappa shape index (κ1) is 37.8. The number of carbonyl (C=O) groups is 2. The summed E-state index contributed by atoms with van der Waals surface area (Å²) < 4.78 is 19.9. The van der Waals surface area contributed by atoms with Crippen LogP contribution in [0.15, 0.2) is 54.6 Å². The summed E-state index contributed by atoms with van der Waals surface area (Å²) in [6, 6.07) is 16.4. The first-order valence-electron chi connectivity index (χ1n) is 15.6. The number of amides is 1. The SMILES string of the molecule is CCCN(C(=O)OCc1ccccc1)C1CCN(CC2CC(N(C)[C@@H](C(=O)O)C(C)C)CC2c2cccc(F)c2)CC1.Cl.Cl. The van der Waals surface area contributed by atoms with E-state index in [4.69, 9.17) is 4.74 Å². The Bertz CT molecular complexity index is 1170. The Balaban J connectivity index is 0.00000337. The Morgan fingerprint density at radius 1 is 1.02 bits per heavy atom. The van der Waals surface area contributed by atoms with Gasteiger partial charge in [0, 0.05) is 38.3 Å². The molecule has 1 saturated carbocycles. The van der Waals surface area contributed by atoms with E-state index in [1.807, 2.05) is 67.1 Å². The standard InChI is InChI=1S/C34H48FN3O4.2ClH/c1-5-16-38(34(41)42-23-25-10-7-6-8-11-25)29-14-17-37(18-15-29)22-27-20-30(36(4)32(24(2)3)33(39)40)21-31(27)26-12-9-13-28(35)19-26;;/h6-13,19,24,27,29-32H,5,14-18,20-23H2,1-4H3,(H,39,40);2*1H/t27?,30?,31?,32-;;/m1../s1. The van der Waals surface area contributed by atoms with Gasteiger partial charge in [0.15, 0.2) is 0 Å². The molecular formula is C34H50Cl2FN3O4. The van der Waals surface area contributed by atoms with E-state index in [1.54, 1.807) is 12.1 Å². The van der Waals surface area contributed by atoms with Gasteiger partial charge in [-0.3, -0.25) is 9.69 Å². The number of carboxylic acid groups (broad SMARTS) is 1. The molecule has 4 rings (SSSR count). The van der Waals surface area contributed by atoms with Gasteiger partial charge in [0.1, 0.15) is 18.5 Å². The largest absolute Gasteiger partial charge is 0.480 e. The Hall–Kier alpha value is -2.39. The molecule has 4 atom stereocenters. The second-order valence-electron chi connectivity index (χ2n) is 12.5. The van der Waals surface area contributed by atoms with Crippen LogP contribution in [0.4, 0.5) is 9.18 Å². The molecule has 44 heavy (non-hydrogen) atoms. The summed E-state index contributed by atoms with van der Waals surface area (Å²) in [5.74, 6) is -0.579. The Kier molecular flexibility index (Phi) is 15.4. The molecule has 246 valence electrons. The summed E-state index contributed by atoms with van der Waals surface area (Å²) in [6.45, 7) is 9.59. The molecule has 2 fully saturated rings. The van der Waals surface area contributed by atoms with Crippen molar-refractivity contribution in [2.24, 2.45) is 11.8 Å². The van der Waals surface area contributed by atoms with Crippen molar-refractivity contribution < 1.29 is 23.8 Å². The number of nitrogens with zero attached hydrogens (tertiary/aromatic N) is 3. The Labute approximate surface area is 274 Å². The van der Waals surface area contributed by atoms with Crippen molar-refractivity contribution in [1.29, 1.82) is 0 Å². The summed E-state index contributed by atoms with van der Waals surface area (Å²) in [5.41, 5.74) is 1.98. The average Bonchev–Trinajstić information content (AvgIpc) is 3.39. The number of carbonyl (C=O) groups excluding carboxylic acids is 1. The fourth-order valence-electron chi connectivity index (χ4n) is 7.14. The highest BCUT2D eigenvalue weighted by Crippen LogP contribution is 2.43. The molecule has 1 saturated heterocycles. The summed E-state index contributed by atoms with van der Waals surface area (Å²) in [4.78, 5) is 31.6. The van der Waals surface area contributed by atoms with Gasteiger partial charge in [-0.25, -0.2) is 9.18 Å². The molecule has 10 heteroatoms. The van der Waals surface area contributed by atoms with Crippen molar-refractivity contribution >= 4 is 36.9 Å². The summed E-state index contributed by atoms with van der Waals surface area (Å²) in [5, 5.41) is 9.92.